The summed E-state index contributed by atoms with van der Waals surface area (Å²) in [6.45, 7) is 14.0. The monoisotopic (exact) mass is 363 g/mol. The molecule has 0 saturated heterocycles. The van der Waals surface area contributed by atoms with E-state index in [1.165, 1.54) is 11.1 Å². The third-order valence-corrected chi connectivity index (χ3v) is 9.93. The van der Waals surface area contributed by atoms with Crippen LogP contribution < -0.4 is 14.5 Å². The van der Waals surface area contributed by atoms with Gasteiger partial charge in [-0.3, -0.25) is 4.79 Å². The minimum atomic E-state index is -1.97. The third kappa shape index (κ3) is 4.45. The van der Waals surface area contributed by atoms with Crippen molar-refractivity contribution in [2.75, 3.05) is 13.7 Å². The summed E-state index contributed by atoms with van der Waals surface area (Å²) in [6.07, 6.45) is 2.06. The molecule has 0 radical (unpaired) electrons. The van der Waals surface area contributed by atoms with E-state index < -0.39 is 8.32 Å². The predicted octanol–water partition coefficient (Wildman–Crippen LogP) is 4.64. The van der Waals surface area contributed by atoms with Gasteiger partial charge in [0.2, 0.25) is 0 Å². The number of carbonyl (C=O) groups excluding carboxylic acids is 1. The van der Waals surface area contributed by atoms with Crippen molar-refractivity contribution in [3.8, 4) is 11.5 Å². The largest absolute Gasteiger partial charge is 0.541 e. The number of hydrogen-bond acceptors (Lipinski definition) is 4. The van der Waals surface area contributed by atoms with Crippen LogP contribution in [0.3, 0.4) is 0 Å². The maximum Gasteiger partial charge on any atom is 0.250 e. The van der Waals surface area contributed by atoms with Crippen molar-refractivity contribution in [2.24, 2.45) is 0 Å². The van der Waals surface area contributed by atoms with Gasteiger partial charge >= 0.3 is 0 Å². The Hall–Kier alpha value is -1.33. The predicted molar refractivity (Wildman–Crippen MR) is 105 cm³/mol. The lowest BCUT2D eigenvalue weighted by molar-refractivity contribution is -0.119. The molecule has 1 heterocycles. The molecule has 4 nitrogen and oxygen atoms in total. The van der Waals surface area contributed by atoms with Gasteiger partial charge in [-0.25, -0.2) is 0 Å². The van der Waals surface area contributed by atoms with Gasteiger partial charge in [-0.15, -0.1) is 0 Å². The van der Waals surface area contributed by atoms with E-state index in [4.69, 9.17) is 9.16 Å². The molecule has 1 aromatic rings. The molecule has 0 amide bonds. The number of rotatable bonds is 6. The summed E-state index contributed by atoms with van der Waals surface area (Å²) in [5.41, 5.74) is 2.44. The topological polar surface area (TPSA) is 47.6 Å². The van der Waals surface area contributed by atoms with Gasteiger partial charge in [0.05, 0.1) is 7.11 Å². The SMILES string of the molecule is CCC(=O)C[C@H]1NCCc2cc(OC)c(O[Si](C)(C)C(C)(C)C)cc21. The van der Waals surface area contributed by atoms with Gasteiger partial charge < -0.3 is 14.5 Å². The first-order valence-electron chi connectivity index (χ1n) is 9.24. The number of nitrogens with one attached hydrogen (secondary N) is 1. The number of ether oxygens (including phenoxy) is 1. The Morgan fingerprint density at radius 1 is 1.28 bits per heavy atom. The van der Waals surface area contributed by atoms with Gasteiger partial charge in [-0.2, -0.15) is 0 Å². The number of Topliss-reactive ketones (excluding diaryl/α,β-unsaturated/α-hetero) is 1. The highest BCUT2D eigenvalue weighted by Gasteiger charge is 2.40. The van der Waals surface area contributed by atoms with Crippen molar-refractivity contribution in [3.05, 3.63) is 23.3 Å². The minimum Gasteiger partial charge on any atom is -0.541 e. The Morgan fingerprint density at radius 3 is 2.52 bits per heavy atom. The molecule has 0 aliphatic carbocycles. The quantitative estimate of drug-likeness (QED) is 0.748. The zero-order chi connectivity index (χ0) is 18.8. The van der Waals surface area contributed by atoms with Crippen LogP contribution in [0.5, 0.6) is 11.5 Å². The molecule has 2 rings (SSSR count). The molecule has 0 saturated carbocycles. The summed E-state index contributed by atoms with van der Waals surface area (Å²) in [5.74, 6) is 1.89. The lowest BCUT2D eigenvalue weighted by atomic mass is 9.90. The highest BCUT2D eigenvalue weighted by Crippen LogP contribution is 2.42. The first kappa shape index (κ1) is 20.0. The fourth-order valence-electron chi connectivity index (χ4n) is 2.87. The average molecular weight is 364 g/mol. The lowest BCUT2D eigenvalue weighted by Crippen LogP contribution is -2.44. The van der Waals surface area contributed by atoms with Gasteiger partial charge in [0.25, 0.3) is 8.32 Å². The molecular formula is C20H33NO3Si. The summed E-state index contributed by atoms with van der Waals surface area (Å²) in [7, 11) is -0.273. The van der Waals surface area contributed by atoms with Crippen molar-refractivity contribution < 1.29 is 14.0 Å². The van der Waals surface area contributed by atoms with E-state index in [0.717, 1.165) is 24.5 Å². The first-order chi connectivity index (χ1) is 11.6. The van der Waals surface area contributed by atoms with E-state index >= 15 is 0 Å². The van der Waals surface area contributed by atoms with Crippen LogP contribution in [0.15, 0.2) is 12.1 Å². The number of methoxy groups -OCH3 is 1. The number of benzene rings is 1. The highest BCUT2D eigenvalue weighted by molar-refractivity contribution is 6.74. The van der Waals surface area contributed by atoms with Crippen molar-refractivity contribution in [1.82, 2.24) is 5.32 Å². The minimum absolute atomic E-state index is 0.0730. The molecule has 0 fully saturated rings. The Morgan fingerprint density at radius 2 is 1.96 bits per heavy atom. The number of ketones is 1. The molecule has 1 aromatic carbocycles. The van der Waals surface area contributed by atoms with Crippen LogP contribution in [0.4, 0.5) is 0 Å². The molecule has 0 bridgehead atoms. The van der Waals surface area contributed by atoms with Crippen molar-refractivity contribution in [2.45, 2.75) is 71.1 Å². The van der Waals surface area contributed by atoms with E-state index in [1.807, 2.05) is 6.92 Å². The number of carbonyl (C=O) groups is 1. The van der Waals surface area contributed by atoms with Crippen molar-refractivity contribution in [1.29, 1.82) is 0 Å². The number of hydrogen-bond donors (Lipinski definition) is 1. The summed E-state index contributed by atoms with van der Waals surface area (Å²) in [5, 5.41) is 3.61. The molecule has 140 valence electrons. The molecule has 5 heteroatoms. The Bertz CT molecular complexity index is 635. The molecule has 1 atom stereocenters. The van der Waals surface area contributed by atoms with Gasteiger partial charge in [-0.1, -0.05) is 27.7 Å². The van der Waals surface area contributed by atoms with Gasteiger partial charge in [0, 0.05) is 18.9 Å². The van der Waals surface area contributed by atoms with Crippen LogP contribution in [0.1, 0.15) is 57.7 Å². The molecular weight excluding hydrogens is 330 g/mol. The Kier molecular flexibility index (Phi) is 6.00. The summed E-state index contributed by atoms with van der Waals surface area (Å²) in [6, 6.07) is 4.28. The van der Waals surface area contributed by atoms with Gasteiger partial charge in [0.15, 0.2) is 5.75 Å². The maximum atomic E-state index is 12.0. The fraction of sp³-hybridized carbons (Fsp3) is 0.650. The van der Waals surface area contributed by atoms with Gasteiger partial charge in [0.1, 0.15) is 11.5 Å². The molecule has 0 aromatic heterocycles. The summed E-state index contributed by atoms with van der Waals surface area (Å²) in [4.78, 5) is 12.0. The smallest absolute Gasteiger partial charge is 0.250 e. The second-order valence-corrected chi connectivity index (χ2v) is 13.1. The Balaban J connectivity index is 2.41. The normalized spacial score (nSPS) is 17.8. The van der Waals surface area contributed by atoms with Gasteiger partial charge in [-0.05, 0) is 54.4 Å². The van der Waals surface area contributed by atoms with Crippen molar-refractivity contribution >= 4 is 14.1 Å². The van der Waals surface area contributed by atoms with E-state index in [2.05, 4.69) is 51.3 Å². The first-order valence-corrected chi connectivity index (χ1v) is 12.1. The van der Waals surface area contributed by atoms with E-state index in [-0.39, 0.29) is 16.9 Å². The molecule has 25 heavy (non-hydrogen) atoms. The standard InChI is InChI=1S/C20H33NO3Si/c1-8-15(22)12-17-16-13-19(24-25(6,7)20(2,3)4)18(23-5)11-14(16)9-10-21-17/h11,13,17,21H,8-10,12H2,1-7H3/t17-/m1/s1. The van der Waals surface area contributed by atoms with Crippen LogP contribution >= 0.6 is 0 Å². The molecule has 1 aliphatic rings. The molecule has 0 spiro atoms. The van der Waals surface area contributed by atoms with Crippen LogP contribution in [-0.2, 0) is 11.2 Å². The van der Waals surface area contributed by atoms with E-state index in [9.17, 15) is 4.79 Å². The summed E-state index contributed by atoms with van der Waals surface area (Å²) >= 11 is 0. The second-order valence-electron chi connectivity index (χ2n) is 8.42. The van der Waals surface area contributed by atoms with E-state index in [1.54, 1.807) is 7.11 Å². The highest BCUT2D eigenvalue weighted by atomic mass is 28.4. The van der Waals surface area contributed by atoms with Crippen molar-refractivity contribution in [3.63, 3.8) is 0 Å². The molecule has 0 unspecified atom stereocenters. The lowest BCUT2D eigenvalue weighted by Gasteiger charge is -2.37. The Labute approximate surface area is 153 Å². The fourth-order valence-corrected chi connectivity index (χ4v) is 3.89. The maximum absolute atomic E-state index is 12.0. The second kappa shape index (κ2) is 7.50. The number of fused-ring (bicyclic) bond motifs is 1. The van der Waals surface area contributed by atoms with Crippen LogP contribution in [-0.4, -0.2) is 27.8 Å². The van der Waals surface area contributed by atoms with Crippen LogP contribution in [0.25, 0.3) is 0 Å². The van der Waals surface area contributed by atoms with E-state index in [0.29, 0.717) is 12.8 Å². The average Bonchev–Trinajstić information content (AvgIpc) is 2.53. The zero-order valence-corrected chi connectivity index (χ0v) is 17.8. The molecule has 1 aliphatic heterocycles. The summed E-state index contributed by atoms with van der Waals surface area (Å²) < 4.78 is 12.2. The zero-order valence-electron chi connectivity index (χ0n) is 16.8. The van der Waals surface area contributed by atoms with Crippen LogP contribution in [0, 0.1) is 0 Å². The third-order valence-electron chi connectivity index (χ3n) is 5.58. The van der Waals surface area contributed by atoms with Crippen LogP contribution in [0.2, 0.25) is 18.1 Å². The molecule has 1 N–H and O–H groups in total.